The second-order valence-corrected chi connectivity index (χ2v) is 7.28. The summed E-state index contributed by atoms with van der Waals surface area (Å²) in [7, 11) is 0. The Hall–Kier alpha value is -0.530. The van der Waals surface area contributed by atoms with Gasteiger partial charge in [-0.1, -0.05) is 20.8 Å². The molecule has 2 nitrogen and oxygen atoms in total. The maximum absolute atomic E-state index is 11.7. The summed E-state index contributed by atoms with van der Waals surface area (Å²) in [5.41, 5.74) is 0.617. The van der Waals surface area contributed by atoms with Gasteiger partial charge in [0.05, 0.1) is 0 Å². The first-order valence-corrected chi connectivity index (χ1v) is 6.50. The van der Waals surface area contributed by atoms with Gasteiger partial charge in [0, 0.05) is 17.4 Å². The Bertz CT molecular complexity index is 319. The first-order valence-electron chi connectivity index (χ1n) is 6.50. The van der Waals surface area contributed by atoms with Gasteiger partial charge in [0.15, 0.2) is 0 Å². The fraction of sp³-hybridized carbons (Fsp3) is 0.929. The van der Waals surface area contributed by atoms with Gasteiger partial charge in [-0.25, -0.2) is 0 Å². The molecule has 0 aromatic heterocycles. The van der Waals surface area contributed by atoms with Crippen molar-refractivity contribution in [3.8, 4) is 0 Å². The first kappa shape index (κ1) is 11.9. The van der Waals surface area contributed by atoms with E-state index in [-0.39, 0.29) is 16.9 Å². The summed E-state index contributed by atoms with van der Waals surface area (Å²) in [5, 5.41) is 3.17. The SMILES string of the molecule is CC1CC(C)(C)CCC12CC(=O)NC2(C)C. The smallest absolute Gasteiger partial charge is 0.221 e. The average molecular weight is 223 g/mol. The Morgan fingerprint density at radius 1 is 1.19 bits per heavy atom. The van der Waals surface area contributed by atoms with Crippen LogP contribution in [0.15, 0.2) is 0 Å². The van der Waals surface area contributed by atoms with Gasteiger partial charge < -0.3 is 5.32 Å². The second-order valence-electron chi connectivity index (χ2n) is 7.28. The quantitative estimate of drug-likeness (QED) is 0.671. The molecule has 1 N–H and O–H groups in total. The summed E-state index contributed by atoms with van der Waals surface area (Å²) in [6, 6.07) is 0. The Labute approximate surface area is 99.2 Å². The number of carbonyl (C=O) groups excluding carboxylic acids is 1. The van der Waals surface area contributed by atoms with E-state index >= 15 is 0 Å². The molecular formula is C14H25NO. The third kappa shape index (κ3) is 1.57. The van der Waals surface area contributed by atoms with Crippen LogP contribution in [0.25, 0.3) is 0 Å². The third-order valence-corrected chi connectivity index (χ3v) is 5.22. The van der Waals surface area contributed by atoms with Gasteiger partial charge in [-0.15, -0.1) is 0 Å². The molecule has 1 heterocycles. The zero-order valence-electron chi connectivity index (χ0n) is 11.3. The van der Waals surface area contributed by atoms with Gasteiger partial charge in [-0.05, 0) is 44.4 Å². The van der Waals surface area contributed by atoms with Gasteiger partial charge in [0.2, 0.25) is 5.91 Å². The normalized spacial score (nSPS) is 41.1. The third-order valence-electron chi connectivity index (χ3n) is 5.22. The van der Waals surface area contributed by atoms with Crippen LogP contribution in [0.2, 0.25) is 0 Å². The van der Waals surface area contributed by atoms with E-state index in [1.54, 1.807) is 0 Å². The zero-order valence-corrected chi connectivity index (χ0v) is 11.3. The summed E-state index contributed by atoms with van der Waals surface area (Å²) in [4.78, 5) is 11.7. The van der Waals surface area contributed by atoms with Crippen molar-refractivity contribution in [1.82, 2.24) is 5.32 Å². The Morgan fingerprint density at radius 2 is 1.81 bits per heavy atom. The maximum Gasteiger partial charge on any atom is 0.221 e. The summed E-state index contributed by atoms with van der Waals surface area (Å²) in [6.07, 6.45) is 4.41. The lowest BCUT2D eigenvalue weighted by Crippen LogP contribution is -2.53. The molecular weight excluding hydrogens is 198 g/mol. The topological polar surface area (TPSA) is 29.1 Å². The van der Waals surface area contributed by atoms with Crippen molar-refractivity contribution < 1.29 is 4.79 Å². The van der Waals surface area contributed by atoms with E-state index in [1.807, 2.05) is 0 Å². The Kier molecular flexibility index (Phi) is 2.42. The molecule has 92 valence electrons. The molecule has 0 aromatic carbocycles. The molecule has 1 aliphatic heterocycles. The highest BCUT2D eigenvalue weighted by Gasteiger charge is 2.57. The van der Waals surface area contributed by atoms with E-state index in [2.05, 4.69) is 39.9 Å². The van der Waals surface area contributed by atoms with Crippen LogP contribution < -0.4 is 5.32 Å². The molecule has 1 saturated heterocycles. The molecule has 2 fully saturated rings. The van der Waals surface area contributed by atoms with E-state index in [4.69, 9.17) is 0 Å². The van der Waals surface area contributed by atoms with Crippen LogP contribution >= 0.6 is 0 Å². The number of nitrogens with one attached hydrogen (secondary N) is 1. The van der Waals surface area contributed by atoms with Gasteiger partial charge in [0.25, 0.3) is 0 Å². The lowest BCUT2D eigenvalue weighted by Gasteiger charge is -2.52. The summed E-state index contributed by atoms with van der Waals surface area (Å²) >= 11 is 0. The minimum absolute atomic E-state index is 0.0278. The van der Waals surface area contributed by atoms with Crippen LogP contribution in [0.4, 0.5) is 0 Å². The van der Waals surface area contributed by atoms with Crippen LogP contribution in [0.5, 0.6) is 0 Å². The predicted molar refractivity (Wildman–Crippen MR) is 66.1 cm³/mol. The van der Waals surface area contributed by atoms with Crippen molar-refractivity contribution in [1.29, 1.82) is 0 Å². The molecule has 1 spiro atoms. The number of hydrogen-bond acceptors (Lipinski definition) is 1. The van der Waals surface area contributed by atoms with Crippen molar-refractivity contribution in [2.45, 2.75) is 65.8 Å². The highest BCUT2D eigenvalue weighted by Crippen LogP contribution is 2.57. The zero-order chi connectivity index (χ0) is 12.2. The molecule has 2 heteroatoms. The fourth-order valence-electron chi connectivity index (χ4n) is 4.15. The molecule has 2 aliphatic rings. The summed E-state index contributed by atoms with van der Waals surface area (Å²) in [6.45, 7) is 11.4. The molecule has 1 amide bonds. The van der Waals surface area contributed by atoms with Gasteiger partial charge in [-0.2, -0.15) is 0 Å². The lowest BCUT2D eigenvalue weighted by molar-refractivity contribution is -0.120. The summed E-state index contributed by atoms with van der Waals surface area (Å²) in [5.74, 6) is 0.877. The molecule has 2 atom stereocenters. The number of carbonyl (C=O) groups is 1. The molecule has 2 unspecified atom stereocenters. The molecule has 0 aromatic rings. The van der Waals surface area contributed by atoms with E-state index in [0.29, 0.717) is 11.3 Å². The molecule has 16 heavy (non-hydrogen) atoms. The van der Waals surface area contributed by atoms with E-state index in [0.717, 1.165) is 6.42 Å². The van der Waals surface area contributed by atoms with Crippen molar-refractivity contribution >= 4 is 5.91 Å². The minimum atomic E-state index is -0.0278. The van der Waals surface area contributed by atoms with Crippen molar-refractivity contribution in [3.63, 3.8) is 0 Å². The van der Waals surface area contributed by atoms with Gasteiger partial charge in [-0.3, -0.25) is 4.79 Å². The van der Waals surface area contributed by atoms with Gasteiger partial charge >= 0.3 is 0 Å². The van der Waals surface area contributed by atoms with Crippen LogP contribution in [-0.4, -0.2) is 11.4 Å². The molecule has 1 saturated carbocycles. The maximum atomic E-state index is 11.7. The van der Waals surface area contributed by atoms with Crippen LogP contribution in [-0.2, 0) is 4.79 Å². The van der Waals surface area contributed by atoms with Crippen molar-refractivity contribution in [2.24, 2.45) is 16.7 Å². The predicted octanol–water partition coefficient (Wildman–Crippen LogP) is 3.12. The van der Waals surface area contributed by atoms with Crippen molar-refractivity contribution in [3.05, 3.63) is 0 Å². The summed E-state index contributed by atoms with van der Waals surface area (Å²) < 4.78 is 0. The number of hydrogen-bond donors (Lipinski definition) is 1. The fourth-order valence-corrected chi connectivity index (χ4v) is 4.15. The largest absolute Gasteiger partial charge is 0.351 e. The van der Waals surface area contributed by atoms with Crippen LogP contribution in [0, 0.1) is 16.7 Å². The van der Waals surface area contributed by atoms with E-state index in [9.17, 15) is 4.79 Å². The lowest BCUT2D eigenvalue weighted by atomic mass is 9.53. The molecule has 0 radical (unpaired) electrons. The highest BCUT2D eigenvalue weighted by molar-refractivity contribution is 5.81. The number of rotatable bonds is 0. The Morgan fingerprint density at radius 3 is 2.25 bits per heavy atom. The average Bonchev–Trinajstić information content (AvgIpc) is 2.30. The minimum Gasteiger partial charge on any atom is -0.351 e. The molecule has 2 rings (SSSR count). The molecule has 1 aliphatic carbocycles. The van der Waals surface area contributed by atoms with Crippen LogP contribution in [0.3, 0.4) is 0 Å². The molecule has 0 bridgehead atoms. The van der Waals surface area contributed by atoms with E-state index in [1.165, 1.54) is 19.3 Å². The number of amides is 1. The standard InChI is InChI=1S/C14H25NO/c1-10-8-12(2,3)6-7-14(10)9-11(16)15-13(14,4)5/h10H,6-9H2,1-5H3,(H,15,16). The highest BCUT2D eigenvalue weighted by atomic mass is 16.2. The second kappa shape index (κ2) is 3.24. The van der Waals surface area contributed by atoms with Crippen LogP contribution in [0.1, 0.15) is 60.3 Å². The Balaban J connectivity index is 2.30. The monoisotopic (exact) mass is 223 g/mol. The first-order chi connectivity index (χ1) is 7.19. The van der Waals surface area contributed by atoms with Gasteiger partial charge in [0.1, 0.15) is 0 Å². The van der Waals surface area contributed by atoms with Crippen molar-refractivity contribution in [2.75, 3.05) is 0 Å². The van der Waals surface area contributed by atoms with E-state index < -0.39 is 0 Å².